The highest BCUT2D eigenvalue weighted by molar-refractivity contribution is 5.80. The van der Waals surface area contributed by atoms with Gasteiger partial charge in [-0.15, -0.1) is 0 Å². The molecule has 0 fully saturated rings. The van der Waals surface area contributed by atoms with E-state index in [9.17, 15) is 18.0 Å². The molecule has 0 atom stereocenters. The number of halogens is 3. The first-order valence-electron chi connectivity index (χ1n) is 5.51. The monoisotopic (exact) mass is 277 g/mol. The second-order valence-corrected chi connectivity index (χ2v) is 3.52. The zero-order valence-electron chi connectivity index (χ0n) is 10.4. The van der Waals surface area contributed by atoms with Crippen LogP contribution in [0, 0.1) is 0 Å². The summed E-state index contributed by atoms with van der Waals surface area (Å²) in [5.41, 5.74) is 0. The van der Waals surface area contributed by atoms with Gasteiger partial charge in [0.1, 0.15) is 11.6 Å². The van der Waals surface area contributed by atoms with Crippen LogP contribution in [-0.2, 0) is 11.0 Å². The lowest BCUT2D eigenvalue weighted by Crippen LogP contribution is -2.27. The Labute approximate surface area is 107 Å². The predicted octanol–water partition coefficient (Wildman–Crippen LogP) is 1.09. The number of hydrogen-bond donors (Lipinski definition) is 3. The zero-order valence-corrected chi connectivity index (χ0v) is 10.4. The van der Waals surface area contributed by atoms with E-state index in [1.54, 1.807) is 6.92 Å². The van der Waals surface area contributed by atoms with Gasteiger partial charge in [-0.2, -0.15) is 13.2 Å². The Morgan fingerprint density at radius 2 is 1.84 bits per heavy atom. The normalized spacial score (nSPS) is 11.0. The number of nitrogens with one attached hydrogen (secondary N) is 3. The zero-order chi connectivity index (χ0) is 14.5. The van der Waals surface area contributed by atoms with Crippen molar-refractivity contribution in [2.24, 2.45) is 0 Å². The van der Waals surface area contributed by atoms with Gasteiger partial charge in [0, 0.05) is 19.7 Å². The van der Waals surface area contributed by atoms with E-state index in [1.807, 2.05) is 0 Å². The van der Waals surface area contributed by atoms with Crippen LogP contribution in [0.2, 0.25) is 0 Å². The highest BCUT2D eigenvalue weighted by Gasteiger charge is 2.35. The van der Waals surface area contributed by atoms with E-state index in [-0.39, 0.29) is 24.1 Å². The molecule has 0 aromatic carbocycles. The summed E-state index contributed by atoms with van der Waals surface area (Å²) in [7, 11) is 1.43. The Bertz CT molecular complexity index is 449. The maximum absolute atomic E-state index is 12.6. The Morgan fingerprint density at radius 3 is 2.32 bits per heavy atom. The van der Waals surface area contributed by atoms with Crippen molar-refractivity contribution in [1.29, 1.82) is 0 Å². The number of carbonyl (C=O) groups excluding carboxylic acids is 1. The van der Waals surface area contributed by atoms with E-state index >= 15 is 0 Å². The fourth-order valence-electron chi connectivity index (χ4n) is 1.20. The van der Waals surface area contributed by atoms with Gasteiger partial charge in [-0.25, -0.2) is 9.97 Å². The van der Waals surface area contributed by atoms with E-state index in [2.05, 4.69) is 25.9 Å². The van der Waals surface area contributed by atoms with Crippen molar-refractivity contribution in [3.63, 3.8) is 0 Å². The number of hydrogen-bond acceptors (Lipinski definition) is 5. The second-order valence-electron chi connectivity index (χ2n) is 3.52. The minimum atomic E-state index is -4.64. The van der Waals surface area contributed by atoms with Crippen molar-refractivity contribution >= 4 is 17.5 Å². The summed E-state index contributed by atoms with van der Waals surface area (Å²) in [6, 6.07) is 1.31. The van der Waals surface area contributed by atoms with Gasteiger partial charge in [-0.05, 0) is 6.92 Å². The number of amides is 1. The molecule has 0 unspecified atom stereocenters. The molecule has 1 aromatic heterocycles. The first-order chi connectivity index (χ1) is 8.86. The Hall–Kier alpha value is -2.06. The van der Waals surface area contributed by atoms with Crippen LogP contribution >= 0.6 is 0 Å². The van der Waals surface area contributed by atoms with Crippen LogP contribution in [0.4, 0.5) is 24.8 Å². The number of rotatable bonds is 5. The lowest BCUT2D eigenvalue weighted by Gasteiger charge is -2.11. The number of aromatic nitrogens is 2. The molecule has 0 aliphatic carbocycles. The third-order valence-corrected chi connectivity index (χ3v) is 2.05. The molecule has 0 aliphatic heterocycles. The van der Waals surface area contributed by atoms with Gasteiger partial charge in [-0.1, -0.05) is 0 Å². The topological polar surface area (TPSA) is 78.9 Å². The molecule has 1 amide bonds. The summed E-state index contributed by atoms with van der Waals surface area (Å²) in [6.45, 7) is 1.98. The summed E-state index contributed by atoms with van der Waals surface area (Å²) in [4.78, 5) is 17.7. The molecule has 19 heavy (non-hydrogen) atoms. The molecule has 6 nitrogen and oxygen atoms in total. The van der Waals surface area contributed by atoms with Crippen LogP contribution in [0.15, 0.2) is 6.07 Å². The molecule has 0 saturated heterocycles. The molecule has 1 aromatic rings. The number of anilines is 2. The van der Waals surface area contributed by atoms with Crippen molar-refractivity contribution in [1.82, 2.24) is 15.3 Å². The summed E-state index contributed by atoms with van der Waals surface area (Å²) < 4.78 is 37.8. The standard InChI is InChI=1S/C10H14F3N5O/c1-3-15-6-4-7(16-5-8(19)14-2)18-9(17-6)10(11,12)13/h4H,3,5H2,1-2H3,(H,14,19)(H2,15,16,17,18). The Morgan fingerprint density at radius 1 is 1.26 bits per heavy atom. The average molecular weight is 277 g/mol. The molecule has 0 spiro atoms. The average Bonchev–Trinajstić information content (AvgIpc) is 2.35. The first-order valence-corrected chi connectivity index (χ1v) is 5.51. The van der Waals surface area contributed by atoms with Crippen LogP contribution in [0.5, 0.6) is 0 Å². The van der Waals surface area contributed by atoms with Crippen LogP contribution in [-0.4, -0.2) is 36.0 Å². The quantitative estimate of drug-likeness (QED) is 0.750. The molecule has 9 heteroatoms. The summed E-state index contributed by atoms with van der Waals surface area (Å²) in [5.74, 6) is -1.64. The van der Waals surface area contributed by atoms with Crippen molar-refractivity contribution in [3.05, 3.63) is 11.9 Å². The maximum Gasteiger partial charge on any atom is 0.451 e. The van der Waals surface area contributed by atoms with Crippen molar-refractivity contribution in [2.45, 2.75) is 13.1 Å². The van der Waals surface area contributed by atoms with Crippen LogP contribution in [0.25, 0.3) is 0 Å². The SMILES string of the molecule is CCNc1cc(NCC(=O)NC)nc(C(F)(F)F)n1. The van der Waals surface area contributed by atoms with Crippen LogP contribution < -0.4 is 16.0 Å². The molecular weight excluding hydrogens is 263 g/mol. The highest BCUT2D eigenvalue weighted by Crippen LogP contribution is 2.28. The summed E-state index contributed by atoms with van der Waals surface area (Å²) in [6.07, 6.45) is -4.64. The minimum Gasteiger partial charge on any atom is -0.370 e. The van der Waals surface area contributed by atoms with Crippen molar-refractivity contribution in [2.75, 3.05) is 30.8 Å². The largest absolute Gasteiger partial charge is 0.451 e. The maximum atomic E-state index is 12.6. The number of likely N-dealkylation sites (N-methyl/N-ethyl adjacent to an activating group) is 1. The first kappa shape index (κ1) is 15.0. The highest BCUT2D eigenvalue weighted by atomic mass is 19.4. The molecular formula is C10H14F3N5O. The van der Waals surface area contributed by atoms with Gasteiger partial charge < -0.3 is 16.0 Å². The Kier molecular flexibility index (Phi) is 4.90. The summed E-state index contributed by atoms with van der Waals surface area (Å²) >= 11 is 0. The van der Waals surface area contributed by atoms with Gasteiger partial charge in [-0.3, -0.25) is 4.79 Å². The number of carbonyl (C=O) groups is 1. The second kappa shape index (κ2) is 6.21. The number of alkyl halides is 3. The van der Waals surface area contributed by atoms with Gasteiger partial charge in [0.2, 0.25) is 11.7 Å². The van der Waals surface area contributed by atoms with Gasteiger partial charge >= 0.3 is 6.18 Å². The smallest absolute Gasteiger partial charge is 0.370 e. The molecule has 1 rings (SSSR count). The third kappa shape index (κ3) is 4.60. The van der Waals surface area contributed by atoms with E-state index < -0.39 is 12.0 Å². The van der Waals surface area contributed by atoms with Crippen molar-refractivity contribution in [3.8, 4) is 0 Å². The predicted molar refractivity (Wildman–Crippen MR) is 63.8 cm³/mol. The Balaban J connectivity index is 2.96. The fourth-order valence-corrected chi connectivity index (χ4v) is 1.20. The van der Waals surface area contributed by atoms with Crippen molar-refractivity contribution < 1.29 is 18.0 Å². The molecule has 0 aliphatic rings. The minimum absolute atomic E-state index is 0.0456. The molecule has 0 radical (unpaired) electrons. The van der Waals surface area contributed by atoms with Gasteiger partial charge in [0.25, 0.3) is 0 Å². The lowest BCUT2D eigenvalue weighted by molar-refractivity contribution is -0.144. The van der Waals surface area contributed by atoms with E-state index in [0.717, 1.165) is 0 Å². The molecule has 3 N–H and O–H groups in total. The summed E-state index contributed by atoms with van der Waals surface area (Å²) in [5, 5.41) is 7.51. The number of nitrogens with zero attached hydrogens (tertiary/aromatic N) is 2. The van der Waals surface area contributed by atoms with Crippen LogP contribution in [0.3, 0.4) is 0 Å². The molecule has 0 bridgehead atoms. The van der Waals surface area contributed by atoms with Gasteiger partial charge in [0.05, 0.1) is 6.54 Å². The lowest BCUT2D eigenvalue weighted by atomic mass is 10.4. The third-order valence-electron chi connectivity index (χ3n) is 2.05. The van der Waals surface area contributed by atoms with E-state index in [1.165, 1.54) is 13.1 Å². The van der Waals surface area contributed by atoms with Crippen LogP contribution in [0.1, 0.15) is 12.7 Å². The molecule has 1 heterocycles. The fraction of sp³-hybridized carbons (Fsp3) is 0.500. The molecule has 106 valence electrons. The molecule has 0 saturated carbocycles. The van der Waals surface area contributed by atoms with E-state index in [4.69, 9.17) is 0 Å². The van der Waals surface area contributed by atoms with E-state index in [0.29, 0.717) is 6.54 Å². The van der Waals surface area contributed by atoms with Gasteiger partial charge in [0.15, 0.2) is 0 Å².